The molecule has 0 aromatic heterocycles. The van der Waals surface area contributed by atoms with Crippen molar-refractivity contribution in [3.63, 3.8) is 0 Å². The average Bonchev–Trinajstić information content (AvgIpc) is 2.41. The second-order valence-electron chi connectivity index (χ2n) is 3.70. The number of benzene rings is 2. The number of aromatic hydroxyl groups is 1. The van der Waals surface area contributed by atoms with E-state index in [1.54, 1.807) is 6.07 Å². The van der Waals surface area contributed by atoms with Crippen LogP contribution in [0.4, 0.5) is 0 Å². The number of aldehydes is 1. The maximum Gasteiger partial charge on any atom is 0.155 e. The number of ether oxygens (including phenoxy) is 1. The van der Waals surface area contributed by atoms with Gasteiger partial charge < -0.3 is 9.84 Å². The first-order valence-corrected chi connectivity index (χ1v) is 6.15. The lowest BCUT2D eigenvalue weighted by Crippen LogP contribution is -1.98. The molecule has 92 valence electrons. The van der Waals surface area contributed by atoms with Crippen LogP contribution in [0.3, 0.4) is 0 Å². The van der Waals surface area contributed by atoms with E-state index < -0.39 is 0 Å². The second kappa shape index (κ2) is 5.69. The molecule has 0 saturated heterocycles. The van der Waals surface area contributed by atoms with Gasteiger partial charge in [-0.15, -0.1) is 0 Å². The molecule has 18 heavy (non-hydrogen) atoms. The summed E-state index contributed by atoms with van der Waals surface area (Å²) < 4.78 is 5.93. The Morgan fingerprint density at radius 3 is 2.56 bits per heavy atom. The van der Waals surface area contributed by atoms with Gasteiger partial charge in [0.25, 0.3) is 0 Å². The number of rotatable bonds is 4. The first kappa shape index (κ1) is 12.6. The summed E-state index contributed by atoms with van der Waals surface area (Å²) in [7, 11) is 0. The van der Waals surface area contributed by atoms with Crippen LogP contribution in [0.2, 0.25) is 0 Å². The maximum atomic E-state index is 11.0. The zero-order valence-electron chi connectivity index (χ0n) is 9.47. The van der Waals surface area contributed by atoms with Crippen LogP contribution in [0.15, 0.2) is 46.9 Å². The van der Waals surface area contributed by atoms with E-state index in [0.717, 1.165) is 5.56 Å². The summed E-state index contributed by atoms with van der Waals surface area (Å²) in [5, 5.41) is 9.48. The minimum Gasteiger partial charge on any atom is -0.507 e. The predicted octanol–water partition coefficient (Wildman–Crippen LogP) is 3.55. The van der Waals surface area contributed by atoms with Crippen LogP contribution in [-0.4, -0.2) is 11.4 Å². The van der Waals surface area contributed by atoms with E-state index in [1.807, 2.05) is 30.3 Å². The fourth-order valence-electron chi connectivity index (χ4n) is 1.53. The van der Waals surface area contributed by atoms with Crippen LogP contribution in [0.1, 0.15) is 15.9 Å². The maximum absolute atomic E-state index is 11.0. The van der Waals surface area contributed by atoms with E-state index in [1.165, 1.54) is 6.07 Å². The fourth-order valence-corrected chi connectivity index (χ4v) is 1.96. The lowest BCUT2D eigenvalue weighted by molar-refractivity contribution is 0.111. The summed E-state index contributed by atoms with van der Waals surface area (Å²) in [6.07, 6.45) is 0.657. The third-order valence-corrected chi connectivity index (χ3v) is 3.31. The summed E-state index contributed by atoms with van der Waals surface area (Å²) in [6, 6.07) is 12.7. The van der Waals surface area contributed by atoms with Crippen molar-refractivity contribution in [2.75, 3.05) is 0 Å². The smallest absolute Gasteiger partial charge is 0.155 e. The number of phenolic OH excluding ortho intramolecular Hbond substituents is 1. The van der Waals surface area contributed by atoms with Crippen molar-refractivity contribution in [3.8, 4) is 11.5 Å². The molecular formula is C14H11BrO3. The fraction of sp³-hybridized carbons (Fsp3) is 0.0714. The van der Waals surface area contributed by atoms with E-state index in [-0.39, 0.29) is 5.75 Å². The summed E-state index contributed by atoms with van der Waals surface area (Å²) >= 11 is 3.16. The molecule has 0 atom stereocenters. The molecule has 0 heterocycles. The zero-order chi connectivity index (χ0) is 13.0. The van der Waals surface area contributed by atoms with Gasteiger partial charge in [-0.05, 0) is 33.6 Å². The molecule has 1 N–H and O–H groups in total. The highest BCUT2D eigenvalue weighted by Crippen LogP contribution is 2.33. The van der Waals surface area contributed by atoms with Crippen LogP contribution in [0.25, 0.3) is 0 Å². The second-order valence-corrected chi connectivity index (χ2v) is 4.50. The highest BCUT2D eigenvalue weighted by atomic mass is 79.9. The van der Waals surface area contributed by atoms with Crippen molar-refractivity contribution >= 4 is 22.2 Å². The molecule has 0 radical (unpaired) electrons. The van der Waals surface area contributed by atoms with Crippen molar-refractivity contribution in [2.45, 2.75) is 6.61 Å². The van der Waals surface area contributed by atoms with Crippen LogP contribution in [0, 0.1) is 0 Å². The van der Waals surface area contributed by atoms with Gasteiger partial charge in [-0.2, -0.15) is 0 Å². The van der Waals surface area contributed by atoms with Crippen LogP contribution in [0.5, 0.6) is 11.5 Å². The molecule has 0 spiro atoms. The number of halogens is 1. The first-order valence-electron chi connectivity index (χ1n) is 5.35. The van der Waals surface area contributed by atoms with Gasteiger partial charge in [-0.25, -0.2) is 0 Å². The standard InChI is InChI=1S/C14H11BrO3/c15-14-11(8-16)13(7-6-12(14)17)18-9-10-4-2-1-3-5-10/h1-8,17H,9H2. The first-order chi connectivity index (χ1) is 8.72. The largest absolute Gasteiger partial charge is 0.507 e. The minimum absolute atomic E-state index is 0.0177. The predicted molar refractivity (Wildman–Crippen MR) is 72.0 cm³/mol. The number of hydrogen-bond acceptors (Lipinski definition) is 3. The Bertz CT molecular complexity index is 552. The zero-order valence-corrected chi connectivity index (χ0v) is 11.1. The molecule has 0 fully saturated rings. The van der Waals surface area contributed by atoms with Gasteiger partial charge >= 0.3 is 0 Å². The van der Waals surface area contributed by atoms with Crippen LogP contribution >= 0.6 is 15.9 Å². The minimum atomic E-state index is 0.0177. The van der Waals surface area contributed by atoms with Gasteiger partial charge in [0.05, 0.1) is 10.0 Å². The molecule has 3 nitrogen and oxygen atoms in total. The summed E-state index contributed by atoms with van der Waals surface area (Å²) in [4.78, 5) is 11.0. The third-order valence-electron chi connectivity index (χ3n) is 2.47. The average molecular weight is 307 g/mol. The Balaban J connectivity index is 2.20. The lowest BCUT2D eigenvalue weighted by Gasteiger charge is -2.10. The van der Waals surface area contributed by atoms with E-state index in [9.17, 15) is 9.90 Å². The van der Waals surface area contributed by atoms with Crippen molar-refractivity contribution in [2.24, 2.45) is 0 Å². The number of carbonyl (C=O) groups is 1. The van der Waals surface area contributed by atoms with Crippen molar-refractivity contribution in [3.05, 3.63) is 58.1 Å². The number of hydrogen-bond donors (Lipinski definition) is 1. The molecule has 0 saturated carbocycles. The normalized spacial score (nSPS) is 10.1. The topological polar surface area (TPSA) is 46.5 Å². The molecule has 2 aromatic rings. The number of carbonyl (C=O) groups excluding carboxylic acids is 1. The van der Waals surface area contributed by atoms with Crippen LogP contribution < -0.4 is 4.74 Å². The highest BCUT2D eigenvalue weighted by molar-refractivity contribution is 9.10. The van der Waals surface area contributed by atoms with Gasteiger partial charge in [-0.3, -0.25) is 4.79 Å². The Morgan fingerprint density at radius 1 is 1.17 bits per heavy atom. The molecule has 0 amide bonds. The SMILES string of the molecule is O=Cc1c(OCc2ccccc2)ccc(O)c1Br. The molecule has 0 aliphatic heterocycles. The highest BCUT2D eigenvalue weighted by Gasteiger charge is 2.11. The van der Waals surface area contributed by atoms with E-state index in [0.29, 0.717) is 28.7 Å². The van der Waals surface area contributed by atoms with Crippen molar-refractivity contribution < 1.29 is 14.6 Å². The van der Waals surface area contributed by atoms with E-state index >= 15 is 0 Å². The van der Waals surface area contributed by atoms with Gasteiger partial charge in [0.1, 0.15) is 18.1 Å². The quantitative estimate of drug-likeness (QED) is 0.879. The monoisotopic (exact) mass is 306 g/mol. The summed E-state index contributed by atoms with van der Waals surface area (Å²) in [5.41, 5.74) is 1.32. The number of phenols is 1. The van der Waals surface area contributed by atoms with Gasteiger partial charge in [-0.1, -0.05) is 30.3 Å². The third kappa shape index (κ3) is 2.71. The van der Waals surface area contributed by atoms with E-state index in [4.69, 9.17) is 4.74 Å². The Hall–Kier alpha value is -1.81. The molecule has 0 bridgehead atoms. The van der Waals surface area contributed by atoms with Crippen LogP contribution in [-0.2, 0) is 6.61 Å². The lowest BCUT2D eigenvalue weighted by atomic mass is 10.2. The Kier molecular flexibility index (Phi) is 3.99. The Morgan fingerprint density at radius 2 is 1.89 bits per heavy atom. The van der Waals surface area contributed by atoms with Gasteiger partial charge in [0.15, 0.2) is 6.29 Å². The van der Waals surface area contributed by atoms with E-state index in [2.05, 4.69) is 15.9 Å². The molecule has 2 aromatic carbocycles. The summed E-state index contributed by atoms with van der Waals surface area (Å²) in [5.74, 6) is 0.461. The van der Waals surface area contributed by atoms with Crippen molar-refractivity contribution in [1.82, 2.24) is 0 Å². The molecule has 2 rings (SSSR count). The molecule has 0 unspecified atom stereocenters. The Labute approximate surface area is 113 Å². The van der Waals surface area contributed by atoms with Gasteiger partial charge in [0, 0.05) is 0 Å². The molecule has 0 aliphatic carbocycles. The molecule has 0 aliphatic rings. The molecular weight excluding hydrogens is 296 g/mol. The van der Waals surface area contributed by atoms with Gasteiger partial charge in [0.2, 0.25) is 0 Å². The summed E-state index contributed by atoms with van der Waals surface area (Å²) in [6.45, 7) is 0.374. The van der Waals surface area contributed by atoms with Crippen molar-refractivity contribution in [1.29, 1.82) is 0 Å². The molecule has 4 heteroatoms.